The van der Waals surface area contributed by atoms with Gasteiger partial charge in [-0.3, -0.25) is 14.9 Å². The van der Waals surface area contributed by atoms with Gasteiger partial charge in [0.25, 0.3) is 5.69 Å². The Hall–Kier alpha value is -2.11. The van der Waals surface area contributed by atoms with Crippen molar-refractivity contribution in [2.45, 2.75) is 38.6 Å². The fraction of sp³-hybridized carbons (Fsp3) is 0.500. The van der Waals surface area contributed by atoms with Crippen LogP contribution in [0.1, 0.15) is 31.2 Å². The standard InChI is InChI=1S/C14H18N2O4/c1-9-5-6-12(16(19)20)8-13(9)15-11-4-2-3-10(7-11)14(17)18/h5-6,8,10-11,15H,2-4,7H2,1H3,(H,17,18). The lowest BCUT2D eigenvalue weighted by molar-refractivity contribution is -0.384. The molecule has 2 atom stereocenters. The molecule has 0 aromatic heterocycles. The van der Waals surface area contributed by atoms with Crippen LogP contribution in [0.4, 0.5) is 11.4 Å². The van der Waals surface area contributed by atoms with E-state index in [1.165, 1.54) is 12.1 Å². The van der Waals surface area contributed by atoms with Crippen molar-refractivity contribution in [3.05, 3.63) is 33.9 Å². The Morgan fingerprint density at radius 2 is 2.20 bits per heavy atom. The van der Waals surface area contributed by atoms with Crippen LogP contribution in [0.15, 0.2) is 18.2 Å². The Morgan fingerprint density at radius 3 is 2.85 bits per heavy atom. The zero-order chi connectivity index (χ0) is 14.7. The first-order valence-electron chi connectivity index (χ1n) is 6.71. The maximum atomic E-state index is 11.0. The maximum absolute atomic E-state index is 11.0. The Morgan fingerprint density at radius 1 is 1.45 bits per heavy atom. The predicted molar refractivity (Wildman–Crippen MR) is 74.8 cm³/mol. The Bertz CT molecular complexity index is 530. The number of nitro groups is 1. The number of rotatable bonds is 4. The molecule has 1 saturated carbocycles. The largest absolute Gasteiger partial charge is 0.481 e. The second kappa shape index (κ2) is 5.90. The van der Waals surface area contributed by atoms with Gasteiger partial charge in [0, 0.05) is 23.9 Å². The van der Waals surface area contributed by atoms with Gasteiger partial charge in [0.2, 0.25) is 0 Å². The second-order valence-corrected chi connectivity index (χ2v) is 5.30. The SMILES string of the molecule is Cc1ccc([N+](=O)[O-])cc1NC1CCCC(C(=O)O)C1. The molecule has 0 saturated heterocycles. The molecule has 0 heterocycles. The van der Waals surface area contributed by atoms with Gasteiger partial charge in [-0.15, -0.1) is 0 Å². The Kier molecular flexibility index (Phi) is 4.22. The summed E-state index contributed by atoms with van der Waals surface area (Å²) < 4.78 is 0. The van der Waals surface area contributed by atoms with E-state index in [-0.39, 0.29) is 17.6 Å². The number of aryl methyl sites for hydroxylation is 1. The van der Waals surface area contributed by atoms with Crippen LogP contribution < -0.4 is 5.32 Å². The molecule has 1 fully saturated rings. The summed E-state index contributed by atoms with van der Waals surface area (Å²) in [6, 6.07) is 4.75. The summed E-state index contributed by atoms with van der Waals surface area (Å²) in [6.07, 6.45) is 3.04. The van der Waals surface area contributed by atoms with Gasteiger partial charge in [-0.1, -0.05) is 12.5 Å². The van der Waals surface area contributed by atoms with E-state index in [0.29, 0.717) is 12.8 Å². The zero-order valence-corrected chi connectivity index (χ0v) is 11.3. The summed E-state index contributed by atoms with van der Waals surface area (Å²) in [5.41, 5.74) is 1.69. The van der Waals surface area contributed by atoms with Gasteiger partial charge in [-0.05, 0) is 31.7 Å². The fourth-order valence-electron chi connectivity index (χ4n) is 2.64. The van der Waals surface area contributed by atoms with Crippen molar-refractivity contribution in [3.8, 4) is 0 Å². The number of hydrogen-bond acceptors (Lipinski definition) is 4. The van der Waals surface area contributed by atoms with Crippen molar-refractivity contribution < 1.29 is 14.8 Å². The van der Waals surface area contributed by atoms with Crippen molar-refractivity contribution in [1.29, 1.82) is 0 Å². The molecule has 2 unspecified atom stereocenters. The monoisotopic (exact) mass is 278 g/mol. The highest BCUT2D eigenvalue weighted by Gasteiger charge is 2.27. The number of carbonyl (C=O) groups is 1. The molecule has 1 aliphatic rings. The van der Waals surface area contributed by atoms with E-state index in [1.54, 1.807) is 6.07 Å². The summed E-state index contributed by atoms with van der Waals surface area (Å²) in [4.78, 5) is 21.4. The predicted octanol–water partition coefficient (Wildman–Crippen LogP) is 2.96. The summed E-state index contributed by atoms with van der Waals surface area (Å²) in [6.45, 7) is 1.88. The first-order valence-corrected chi connectivity index (χ1v) is 6.71. The highest BCUT2D eigenvalue weighted by atomic mass is 16.6. The number of non-ortho nitro benzene ring substituents is 1. The lowest BCUT2D eigenvalue weighted by atomic mass is 9.85. The number of nitrogens with zero attached hydrogens (tertiary/aromatic N) is 1. The molecule has 20 heavy (non-hydrogen) atoms. The van der Waals surface area contributed by atoms with Crippen LogP contribution in [-0.2, 0) is 4.79 Å². The highest BCUT2D eigenvalue weighted by Crippen LogP contribution is 2.29. The molecule has 1 aromatic carbocycles. The van der Waals surface area contributed by atoms with Crippen LogP contribution in [0.25, 0.3) is 0 Å². The lowest BCUT2D eigenvalue weighted by Crippen LogP contribution is -2.31. The van der Waals surface area contributed by atoms with E-state index in [4.69, 9.17) is 5.11 Å². The number of carboxylic acid groups (broad SMARTS) is 1. The summed E-state index contributed by atoms with van der Waals surface area (Å²) in [7, 11) is 0. The quantitative estimate of drug-likeness (QED) is 0.652. The van der Waals surface area contributed by atoms with E-state index in [0.717, 1.165) is 24.1 Å². The molecular formula is C14H18N2O4. The molecule has 0 aliphatic heterocycles. The van der Waals surface area contributed by atoms with Gasteiger partial charge in [0.15, 0.2) is 0 Å². The molecule has 108 valence electrons. The molecule has 2 rings (SSSR count). The average Bonchev–Trinajstić information content (AvgIpc) is 2.41. The number of carboxylic acids is 1. The summed E-state index contributed by atoms with van der Waals surface area (Å²) in [5.74, 6) is -1.08. The number of hydrogen-bond donors (Lipinski definition) is 2. The molecule has 0 amide bonds. The lowest BCUT2D eigenvalue weighted by Gasteiger charge is -2.28. The number of nitro benzene ring substituents is 1. The van der Waals surface area contributed by atoms with Crippen LogP contribution in [0.2, 0.25) is 0 Å². The number of benzene rings is 1. The van der Waals surface area contributed by atoms with Gasteiger partial charge in [-0.2, -0.15) is 0 Å². The van der Waals surface area contributed by atoms with Crippen LogP contribution >= 0.6 is 0 Å². The van der Waals surface area contributed by atoms with E-state index in [9.17, 15) is 14.9 Å². The third-order valence-corrected chi connectivity index (χ3v) is 3.82. The van der Waals surface area contributed by atoms with Gasteiger partial charge in [0.1, 0.15) is 0 Å². The molecule has 1 aromatic rings. The van der Waals surface area contributed by atoms with Crippen molar-refractivity contribution in [3.63, 3.8) is 0 Å². The van der Waals surface area contributed by atoms with E-state index >= 15 is 0 Å². The zero-order valence-electron chi connectivity index (χ0n) is 11.3. The third-order valence-electron chi connectivity index (χ3n) is 3.82. The molecular weight excluding hydrogens is 260 g/mol. The molecule has 1 aliphatic carbocycles. The molecule has 6 heteroatoms. The van der Waals surface area contributed by atoms with E-state index in [2.05, 4.69) is 5.32 Å². The number of anilines is 1. The molecule has 0 radical (unpaired) electrons. The molecule has 6 nitrogen and oxygen atoms in total. The van der Waals surface area contributed by atoms with Crippen LogP contribution in [0, 0.1) is 23.0 Å². The minimum atomic E-state index is -0.757. The van der Waals surface area contributed by atoms with E-state index in [1.807, 2.05) is 6.92 Å². The Balaban J connectivity index is 2.11. The molecule has 2 N–H and O–H groups in total. The first-order chi connectivity index (χ1) is 9.47. The minimum absolute atomic E-state index is 0.0451. The van der Waals surface area contributed by atoms with Crippen LogP contribution in [0.3, 0.4) is 0 Å². The van der Waals surface area contributed by atoms with Gasteiger partial charge < -0.3 is 10.4 Å². The fourth-order valence-corrected chi connectivity index (χ4v) is 2.64. The van der Waals surface area contributed by atoms with Crippen molar-refractivity contribution in [2.75, 3.05) is 5.32 Å². The number of nitrogens with one attached hydrogen (secondary N) is 1. The van der Waals surface area contributed by atoms with Crippen molar-refractivity contribution in [1.82, 2.24) is 0 Å². The van der Waals surface area contributed by atoms with Crippen molar-refractivity contribution in [2.24, 2.45) is 5.92 Å². The van der Waals surface area contributed by atoms with Gasteiger partial charge >= 0.3 is 5.97 Å². The maximum Gasteiger partial charge on any atom is 0.306 e. The third kappa shape index (κ3) is 3.26. The van der Waals surface area contributed by atoms with E-state index < -0.39 is 10.9 Å². The topological polar surface area (TPSA) is 92.5 Å². The second-order valence-electron chi connectivity index (χ2n) is 5.30. The number of aliphatic carboxylic acids is 1. The highest BCUT2D eigenvalue weighted by molar-refractivity contribution is 5.70. The summed E-state index contributed by atoms with van der Waals surface area (Å²) in [5, 5.41) is 23.1. The molecule has 0 spiro atoms. The van der Waals surface area contributed by atoms with Gasteiger partial charge in [0.05, 0.1) is 10.8 Å². The van der Waals surface area contributed by atoms with Crippen LogP contribution in [-0.4, -0.2) is 22.0 Å². The smallest absolute Gasteiger partial charge is 0.306 e. The first kappa shape index (κ1) is 14.3. The summed E-state index contributed by atoms with van der Waals surface area (Å²) >= 11 is 0. The average molecular weight is 278 g/mol. The molecule has 0 bridgehead atoms. The van der Waals surface area contributed by atoms with Crippen molar-refractivity contribution >= 4 is 17.3 Å². The normalized spacial score (nSPS) is 22.2. The Labute approximate surface area is 117 Å². The van der Waals surface area contributed by atoms with Gasteiger partial charge in [-0.25, -0.2) is 0 Å². The minimum Gasteiger partial charge on any atom is -0.481 e. The van der Waals surface area contributed by atoms with Crippen LogP contribution in [0.5, 0.6) is 0 Å².